The number of hydrogen-bond acceptors (Lipinski definition) is 5. The number of aromatic nitrogens is 2. The van der Waals surface area contributed by atoms with Crippen molar-refractivity contribution in [2.24, 2.45) is 0 Å². The number of rotatable bonds is 2. The third-order valence-corrected chi connectivity index (χ3v) is 2.44. The maximum Gasteiger partial charge on any atom is 0.242 e. The van der Waals surface area contributed by atoms with Crippen LogP contribution in [-0.4, -0.2) is 39.4 Å². The molecule has 2 heterocycles. The molecule has 1 saturated heterocycles. The van der Waals surface area contributed by atoms with E-state index in [0.29, 0.717) is 6.54 Å². The molecule has 0 spiro atoms. The molecule has 6 nitrogen and oxygen atoms in total. The molecule has 1 aliphatic rings. The second-order valence-corrected chi connectivity index (χ2v) is 3.53. The molecule has 74 valence electrons. The van der Waals surface area contributed by atoms with Gasteiger partial charge in [0.1, 0.15) is 0 Å². The third kappa shape index (κ3) is 1.87. The van der Waals surface area contributed by atoms with Gasteiger partial charge in [0.25, 0.3) is 0 Å². The largest absolute Gasteiger partial charge is 0.345 e. The summed E-state index contributed by atoms with van der Waals surface area (Å²) in [5.41, 5.74) is 0.720. The normalized spacial score (nSPS) is 17.0. The number of piperazine rings is 1. The molecule has 0 unspecified atom stereocenters. The van der Waals surface area contributed by atoms with Gasteiger partial charge in [-0.25, -0.2) is 0 Å². The number of nitrogens with zero attached hydrogens (tertiary/aromatic N) is 3. The summed E-state index contributed by atoms with van der Waals surface area (Å²) in [6.45, 7) is 0.551. The van der Waals surface area contributed by atoms with Crippen molar-refractivity contribution >= 4 is 23.3 Å². The van der Waals surface area contributed by atoms with Crippen molar-refractivity contribution in [3.05, 3.63) is 11.1 Å². The Morgan fingerprint density at radius 3 is 3.14 bits per heavy atom. The second kappa shape index (κ2) is 3.70. The van der Waals surface area contributed by atoms with Gasteiger partial charge in [0.05, 0.1) is 25.3 Å². The predicted molar refractivity (Wildman–Crippen MR) is 48.3 cm³/mol. The Hall–Kier alpha value is -1.50. The van der Waals surface area contributed by atoms with E-state index in [2.05, 4.69) is 14.9 Å². The lowest BCUT2D eigenvalue weighted by molar-refractivity contribution is -0.141. The predicted octanol–water partition coefficient (Wildman–Crippen LogP) is -1.00. The van der Waals surface area contributed by atoms with Crippen molar-refractivity contribution in [1.82, 2.24) is 19.8 Å². The lowest BCUT2D eigenvalue weighted by Crippen LogP contribution is -2.51. The van der Waals surface area contributed by atoms with Crippen LogP contribution >= 0.6 is 11.5 Å². The van der Waals surface area contributed by atoms with E-state index in [1.54, 1.807) is 5.38 Å². The first-order valence-electron chi connectivity index (χ1n) is 4.06. The lowest BCUT2D eigenvalue weighted by Gasteiger charge is -2.25. The standard InChI is InChI=1S/C7H8N4O2S/c12-6-3-11(7(13)1-8-6)2-5-4-14-10-9-5/h4H,1-3H2,(H,8,12). The third-order valence-electron chi connectivity index (χ3n) is 1.88. The highest BCUT2D eigenvalue weighted by atomic mass is 32.1. The summed E-state index contributed by atoms with van der Waals surface area (Å²) in [5.74, 6) is -0.217. The Morgan fingerprint density at radius 1 is 1.57 bits per heavy atom. The smallest absolute Gasteiger partial charge is 0.242 e. The average molecular weight is 212 g/mol. The van der Waals surface area contributed by atoms with E-state index >= 15 is 0 Å². The molecule has 0 radical (unpaired) electrons. The van der Waals surface area contributed by atoms with E-state index < -0.39 is 0 Å². The zero-order chi connectivity index (χ0) is 9.97. The molecule has 2 amide bonds. The first-order chi connectivity index (χ1) is 6.75. The van der Waals surface area contributed by atoms with Crippen molar-refractivity contribution in [2.45, 2.75) is 6.54 Å². The van der Waals surface area contributed by atoms with Crippen molar-refractivity contribution in [3.63, 3.8) is 0 Å². The minimum absolute atomic E-state index is 0.0798. The summed E-state index contributed by atoms with van der Waals surface area (Å²) in [6.07, 6.45) is 0. The van der Waals surface area contributed by atoms with Gasteiger partial charge >= 0.3 is 0 Å². The zero-order valence-electron chi connectivity index (χ0n) is 7.27. The Kier molecular flexibility index (Phi) is 2.40. The number of carbonyl (C=O) groups excluding carboxylic acids is 2. The van der Waals surface area contributed by atoms with Crippen LogP contribution in [-0.2, 0) is 16.1 Å². The van der Waals surface area contributed by atoms with Crippen LogP contribution in [0.2, 0.25) is 0 Å². The maximum atomic E-state index is 11.3. The highest BCUT2D eigenvalue weighted by Crippen LogP contribution is 2.04. The van der Waals surface area contributed by atoms with Gasteiger partial charge in [0.15, 0.2) is 0 Å². The van der Waals surface area contributed by atoms with Crippen molar-refractivity contribution in [2.75, 3.05) is 13.1 Å². The maximum absolute atomic E-state index is 11.3. The first kappa shape index (κ1) is 9.07. The lowest BCUT2D eigenvalue weighted by atomic mass is 10.3. The van der Waals surface area contributed by atoms with Gasteiger partial charge in [0, 0.05) is 5.38 Å². The van der Waals surface area contributed by atoms with Crippen molar-refractivity contribution in [3.8, 4) is 0 Å². The Bertz CT molecular complexity index is 351. The number of carbonyl (C=O) groups is 2. The molecule has 1 fully saturated rings. The molecular formula is C7H8N4O2S. The van der Waals surface area contributed by atoms with Gasteiger partial charge in [-0.2, -0.15) is 0 Å². The SMILES string of the molecule is O=C1CN(Cc2csnn2)C(=O)CN1. The Balaban J connectivity index is 2.02. The second-order valence-electron chi connectivity index (χ2n) is 2.92. The number of nitrogens with one attached hydrogen (secondary N) is 1. The molecule has 2 rings (SSSR count). The average Bonchev–Trinajstić information content (AvgIpc) is 2.64. The summed E-state index contributed by atoms with van der Waals surface area (Å²) in [5, 5.41) is 8.05. The van der Waals surface area contributed by atoms with Crippen LogP contribution in [0.3, 0.4) is 0 Å². The summed E-state index contributed by atoms with van der Waals surface area (Å²) in [4.78, 5) is 23.8. The summed E-state index contributed by atoms with van der Waals surface area (Å²) < 4.78 is 3.68. The van der Waals surface area contributed by atoms with Crippen LogP contribution in [0.1, 0.15) is 5.69 Å². The van der Waals surface area contributed by atoms with E-state index in [9.17, 15) is 9.59 Å². The number of amides is 2. The first-order valence-corrected chi connectivity index (χ1v) is 4.90. The molecule has 7 heteroatoms. The molecule has 0 aliphatic carbocycles. The van der Waals surface area contributed by atoms with Gasteiger partial charge in [0.2, 0.25) is 11.8 Å². The van der Waals surface area contributed by atoms with Gasteiger partial charge in [-0.15, -0.1) is 5.10 Å². The van der Waals surface area contributed by atoms with Crippen LogP contribution in [0.5, 0.6) is 0 Å². The molecular weight excluding hydrogens is 204 g/mol. The topological polar surface area (TPSA) is 75.2 Å². The molecule has 1 N–H and O–H groups in total. The van der Waals surface area contributed by atoms with Gasteiger partial charge in [-0.05, 0) is 11.5 Å². The monoisotopic (exact) mass is 212 g/mol. The molecule has 1 aliphatic heterocycles. The van der Waals surface area contributed by atoms with E-state index in [-0.39, 0.29) is 24.9 Å². The minimum atomic E-state index is -0.132. The zero-order valence-corrected chi connectivity index (χ0v) is 8.08. The van der Waals surface area contributed by atoms with Crippen molar-refractivity contribution in [1.29, 1.82) is 0 Å². The van der Waals surface area contributed by atoms with Crippen LogP contribution in [0.15, 0.2) is 5.38 Å². The van der Waals surface area contributed by atoms with Crippen LogP contribution in [0.4, 0.5) is 0 Å². The summed E-state index contributed by atoms with van der Waals surface area (Å²) in [6, 6.07) is 0. The van der Waals surface area contributed by atoms with Crippen LogP contribution in [0.25, 0.3) is 0 Å². The van der Waals surface area contributed by atoms with Gasteiger partial charge < -0.3 is 10.2 Å². The summed E-state index contributed by atoms with van der Waals surface area (Å²) >= 11 is 1.23. The highest BCUT2D eigenvalue weighted by molar-refractivity contribution is 7.03. The quantitative estimate of drug-likeness (QED) is 0.682. The van der Waals surface area contributed by atoms with E-state index in [4.69, 9.17) is 0 Å². The minimum Gasteiger partial charge on any atom is -0.345 e. The molecule has 1 aromatic rings. The van der Waals surface area contributed by atoms with Crippen molar-refractivity contribution < 1.29 is 9.59 Å². The molecule has 0 bridgehead atoms. The molecule has 1 aromatic heterocycles. The molecule has 0 aromatic carbocycles. The van der Waals surface area contributed by atoms with Gasteiger partial charge in [-0.1, -0.05) is 4.49 Å². The summed E-state index contributed by atoms with van der Waals surface area (Å²) in [7, 11) is 0. The molecule has 0 atom stereocenters. The Labute approximate surface area is 84.1 Å². The molecule has 14 heavy (non-hydrogen) atoms. The number of hydrogen-bond donors (Lipinski definition) is 1. The van der Waals surface area contributed by atoms with E-state index in [1.165, 1.54) is 16.4 Å². The fraction of sp³-hybridized carbons (Fsp3) is 0.429. The van der Waals surface area contributed by atoms with Crippen LogP contribution < -0.4 is 5.32 Å². The van der Waals surface area contributed by atoms with E-state index in [0.717, 1.165) is 5.69 Å². The Morgan fingerprint density at radius 2 is 2.43 bits per heavy atom. The van der Waals surface area contributed by atoms with E-state index in [1.807, 2.05) is 0 Å². The highest BCUT2D eigenvalue weighted by Gasteiger charge is 2.23. The fourth-order valence-corrected chi connectivity index (χ4v) is 1.64. The van der Waals surface area contributed by atoms with Crippen LogP contribution in [0, 0.1) is 0 Å². The van der Waals surface area contributed by atoms with Gasteiger partial charge in [-0.3, -0.25) is 9.59 Å². The fourth-order valence-electron chi connectivity index (χ4n) is 1.20. The molecule has 0 saturated carbocycles.